The number of carbonyl (C=O) groups excluding carboxylic acids is 1. The Kier molecular flexibility index (Phi) is 5.40. The summed E-state index contributed by atoms with van der Waals surface area (Å²) in [5.74, 6) is 1.26. The number of ether oxygens (including phenoxy) is 2. The standard InChI is InChI=1S/C22H26N2O3/c1-22(2,13-16-14-23-18-8-6-5-7-17(16)18)24-21(25)12-15-9-10-19(26-3)20(11-15)27-4/h5-11,14,23H,12-13H2,1-4H3,(H,24,25). The first-order valence-electron chi connectivity index (χ1n) is 8.99. The Labute approximate surface area is 159 Å². The molecule has 0 atom stereocenters. The second kappa shape index (κ2) is 7.74. The summed E-state index contributed by atoms with van der Waals surface area (Å²) in [7, 11) is 3.18. The van der Waals surface area contributed by atoms with Crippen LogP contribution in [0.15, 0.2) is 48.7 Å². The number of rotatable bonds is 7. The molecule has 0 spiro atoms. The Bertz CT molecular complexity index is 944. The van der Waals surface area contributed by atoms with Gasteiger partial charge < -0.3 is 19.8 Å². The predicted octanol–water partition coefficient (Wildman–Crippen LogP) is 3.87. The molecule has 142 valence electrons. The maximum absolute atomic E-state index is 12.6. The molecule has 1 aromatic heterocycles. The number of aromatic amines is 1. The summed E-state index contributed by atoms with van der Waals surface area (Å²) < 4.78 is 10.6. The molecule has 0 aliphatic rings. The van der Waals surface area contributed by atoms with Gasteiger partial charge in [-0.25, -0.2) is 0 Å². The van der Waals surface area contributed by atoms with Gasteiger partial charge >= 0.3 is 0 Å². The molecule has 0 radical (unpaired) electrons. The first-order chi connectivity index (χ1) is 12.9. The van der Waals surface area contributed by atoms with Crippen LogP contribution in [0.5, 0.6) is 11.5 Å². The third-order valence-electron chi connectivity index (χ3n) is 4.60. The molecular weight excluding hydrogens is 340 g/mol. The summed E-state index contributed by atoms with van der Waals surface area (Å²) in [6, 6.07) is 13.7. The average molecular weight is 366 g/mol. The number of methoxy groups -OCH3 is 2. The number of hydrogen-bond acceptors (Lipinski definition) is 3. The van der Waals surface area contributed by atoms with Crippen LogP contribution in [0, 0.1) is 0 Å². The Morgan fingerprint density at radius 1 is 1.07 bits per heavy atom. The second-order valence-corrected chi connectivity index (χ2v) is 7.33. The summed E-state index contributed by atoms with van der Waals surface area (Å²) >= 11 is 0. The molecule has 0 aliphatic heterocycles. The van der Waals surface area contributed by atoms with Crippen LogP contribution >= 0.6 is 0 Å². The van der Waals surface area contributed by atoms with Crippen LogP contribution < -0.4 is 14.8 Å². The van der Waals surface area contributed by atoms with E-state index >= 15 is 0 Å². The van der Waals surface area contributed by atoms with Crippen LogP contribution in [0.25, 0.3) is 10.9 Å². The molecular formula is C22H26N2O3. The highest BCUT2D eigenvalue weighted by molar-refractivity contribution is 5.83. The molecule has 0 saturated carbocycles. The van der Waals surface area contributed by atoms with Crippen molar-refractivity contribution < 1.29 is 14.3 Å². The maximum atomic E-state index is 12.6. The average Bonchev–Trinajstić information content (AvgIpc) is 3.03. The molecule has 5 heteroatoms. The Morgan fingerprint density at radius 2 is 1.81 bits per heavy atom. The lowest BCUT2D eigenvalue weighted by Gasteiger charge is -2.26. The third kappa shape index (κ3) is 4.42. The normalized spacial score (nSPS) is 11.4. The van der Waals surface area contributed by atoms with E-state index in [0.29, 0.717) is 11.5 Å². The van der Waals surface area contributed by atoms with E-state index < -0.39 is 0 Å². The first kappa shape index (κ1) is 18.8. The molecule has 3 rings (SSSR count). The first-order valence-corrected chi connectivity index (χ1v) is 8.99. The van der Waals surface area contributed by atoms with Crippen molar-refractivity contribution in [3.05, 3.63) is 59.8 Å². The smallest absolute Gasteiger partial charge is 0.224 e. The van der Waals surface area contributed by atoms with Crippen LogP contribution in [0.4, 0.5) is 0 Å². The largest absolute Gasteiger partial charge is 0.493 e. The highest BCUT2D eigenvalue weighted by Gasteiger charge is 2.22. The van der Waals surface area contributed by atoms with Gasteiger partial charge in [0.1, 0.15) is 0 Å². The van der Waals surface area contributed by atoms with E-state index in [-0.39, 0.29) is 17.9 Å². The summed E-state index contributed by atoms with van der Waals surface area (Å²) in [5, 5.41) is 4.34. The van der Waals surface area contributed by atoms with Crippen LogP contribution in [0.3, 0.4) is 0 Å². The van der Waals surface area contributed by atoms with Crippen molar-refractivity contribution in [3.63, 3.8) is 0 Å². The lowest BCUT2D eigenvalue weighted by Crippen LogP contribution is -2.45. The van der Waals surface area contributed by atoms with Gasteiger partial charge in [0.2, 0.25) is 5.91 Å². The molecule has 1 amide bonds. The van der Waals surface area contributed by atoms with Gasteiger partial charge in [-0.15, -0.1) is 0 Å². The molecule has 0 saturated heterocycles. The highest BCUT2D eigenvalue weighted by Crippen LogP contribution is 2.28. The minimum absolute atomic E-state index is 0.0212. The highest BCUT2D eigenvalue weighted by atomic mass is 16.5. The summed E-state index contributed by atoms with van der Waals surface area (Å²) in [4.78, 5) is 15.9. The molecule has 0 bridgehead atoms. The van der Waals surface area contributed by atoms with Crippen molar-refractivity contribution in [3.8, 4) is 11.5 Å². The van der Waals surface area contributed by atoms with Crippen LogP contribution in [-0.2, 0) is 17.6 Å². The molecule has 2 N–H and O–H groups in total. The van der Waals surface area contributed by atoms with E-state index in [0.717, 1.165) is 17.5 Å². The molecule has 1 heterocycles. The number of amides is 1. The monoisotopic (exact) mass is 366 g/mol. The van der Waals surface area contributed by atoms with E-state index in [1.807, 2.05) is 50.4 Å². The molecule has 3 aromatic rings. The quantitative estimate of drug-likeness (QED) is 0.667. The molecule has 0 unspecified atom stereocenters. The number of aromatic nitrogens is 1. The molecule has 0 fully saturated rings. The maximum Gasteiger partial charge on any atom is 0.224 e. The third-order valence-corrected chi connectivity index (χ3v) is 4.60. The van der Waals surface area contributed by atoms with Gasteiger partial charge in [-0.1, -0.05) is 24.3 Å². The van der Waals surface area contributed by atoms with Gasteiger partial charge in [-0.05, 0) is 49.6 Å². The number of nitrogens with one attached hydrogen (secondary N) is 2. The van der Waals surface area contributed by atoms with Crippen LogP contribution in [0.1, 0.15) is 25.0 Å². The zero-order chi connectivity index (χ0) is 19.4. The van der Waals surface area contributed by atoms with Crippen LogP contribution in [-0.4, -0.2) is 30.6 Å². The lowest BCUT2D eigenvalue weighted by molar-refractivity contribution is -0.122. The van der Waals surface area contributed by atoms with E-state index in [4.69, 9.17) is 9.47 Å². The summed E-state index contributed by atoms with van der Waals surface area (Å²) in [5.41, 5.74) is 2.83. The Balaban J connectivity index is 1.67. The number of carbonyl (C=O) groups is 1. The fourth-order valence-corrected chi connectivity index (χ4v) is 3.40. The van der Waals surface area contributed by atoms with Gasteiger partial charge in [-0.3, -0.25) is 4.79 Å². The minimum Gasteiger partial charge on any atom is -0.493 e. The van der Waals surface area contributed by atoms with Crippen molar-refractivity contribution >= 4 is 16.8 Å². The van der Waals surface area contributed by atoms with E-state index in [1.54, 1.807) is 14.2 Å². The topological polar surface area (TPSA) is 63.3 Å². The Hall–Kier alpha value is -2.95. The summed E-state index contributed by atoms with van der Waals surface area (Å²) in [6.07, 6.45) is 3.05. The van der Waals surface area contributed by atoms with Crippen molar-refractivity contribution in [2.75, 3.05) is 14.2 Å². The fraction of sp³-hybridized carbons (Fsp3) is 0.318. The van der Waals surface area contributed by atoms with Gasteiger partial charge in [-0.2, -0.15) is 0 Å². The van der Waals surface area contributed by atoms with E-state index in [2.05, 4.69) is 22.4 Å². The van der Waals surface area contributed by atoms with Gasteiger partial charge in [0.05, 0.1) is 20.6 Å². The molecule has 0 aliphatic carbocycles. The number of para-hydroxylation sites is 1. The van der Waals surface area contributed by atoms with Crippen molar-refractivity contribution in [1.82, 2.24) is 10.3 Å². The molecule has 2 aromatic carbocycles. The van der Waals surface area contributed by atoms with Crippen LogP contribution in [0.2, 0.25) is 0 Å². The predicted molar refractivity (Wildman–Crippen MR) is 107 cm³/mol. The van der Waals surface area contributed by atoms with Crippen molar-refractivity contribution in [2.45, 2.75) is 32.2 Å². The van der Waals surface area contributed by atoms with Gasteiger partial charge in [0.15, 0.2) is 11.5 Å². The number of H-pyrrole nitrogens is 1. The summed E-state index contributed by atoms with van der Waals surface area (Å²) in [6.45, 7) is 4.09. The Morgan fingerprint density at radius 3 is 2.56 bits per heavy atom. The lowest BCUT2D eigenvalue weighted by atomic mass is 9.94. The van der Waals surface area contributed by atoms with Crippen molar-refractivity contribution in [1.29, 1.82) is 0 Å². The fourth-order valence-electron chi connectivity index (χ4n) is 3.40. The van der Waals surface area contributed by atoms with E-state index in [9.17, 15) is 4.79 Å². The van der Waals surface area contributed by atoms with Gasteiger partial charge in [0.25, 0.3) is 0 Å². The van der Waals surface area contributed by atoms with Gasteiger partial charge in [0, 0.05) is 22.6 Å². The molecule has 5 nitrogen and oxygen atoms in total. The number of benzene rings is 2. The zero-order valence-corrected chi connectivity index (χ0v) is 16.3. The zero-order valence-electron chi connectivity index (χ0n) is 16.3. The van der Waals surface area contributed by atoms with E-state index in [1.165, 1.54) is 10.9 Å². The number of fused-ring (bicyclic) bond motifs is 1. The number of hydrogen-bond donors (Lipinski definition) is 2. The van der Waals surface area contributed by atoms with Crippen molar-refractivity contribution in [2.24, 2.45) is 0 Å². The SMILES string of the molecule is COc1ccc(CC(=O)NC(C)(C)Cc2c[nH]c3ccccc23)cc1OC. The molecule has 27 heavy (non-hydrogen) atoms. The minimum atomic E-state index is -0.362. The second-order valence-electron chi connectivity index (χ2n) is 7.33.